The van der Waals surface area contributed by atoms with Crippen LogP contribution in [0.5, 0.6) is 5.75 Å². The number of aromatic nitrogens is 1. The Balaban J connectivity index is 1.43. The van der Waals surface area contributed by atoms with Crippen LogP contribution < -0.4 is 9.64 Å². The normalized spacial score (nSPS) is 13.9. The van der Waals surface area contributed by atoms with Gasteiger partial charge in [-0.1, -0.05) is 29.8 Å². The first kappa shape index (κ1) is 21.2. The van der Waals surface area contributed by atoms with Crippen molar-refractivity contribution in [3.05, 3.63) is 76.8 Å². The third-order valence-electron chi connectivity index (χ3n) is 5.39. The summed E-state index contributed by atoms with van der Waals surface area (Å²) in [5.74, 6) is 1.62. The van der Waals surface area contributed by atoms with Gasteiger partial charge in [-0.3, -0.25) is 4.79 Å². The molecule has 162 valence electrons. The Bertz CT molecular complexity index is 1170. The highest BCUT2D eigenvalue weighted by molar-refractivity contribution is 5.94. The van der Waals surface area contributed by atoms with Crippen molar-refractivity contribution in [2.24, 2.45) is 0 Å². The first-order chi connectivity index (χ1) is 15.6. The second-order valence-corrected chi connectivity index (χ2v) is 7.57. The lowest BCUT2D eigenvalue weighted by molar-refractivity contribution is 0.0745. The van der Waals surface area contributed by atoms with Crippen molar-refractivity contribution in [1.82, 2.24) is 9.88 Å². The number of aryl methyl sites for hydroxylation is 1. The monoisotopic (exact) mass is 428 g/mol. The van der Waals surface area contributed by atoms with Crippen molar-refractivity contribution in [2.45, 2.75) is 6.92 Å². The van der Waals surface area contributed by atoms with Crippen molar-refractivity contribution >= 4 is 23.9 Å². The Labute approximate surface area is 187 Å². The van der Waals surface area contributed by atoms with Gasteiger partial charge in [-0.15, -0.1) is 0 Å². The number of amides is 1. The highest BCUT2D eigenvalue weighted by Crippen LogP contribution is 2.25. The molecule has 2 aromatic carbocycles. The van der Waals surface area contributed by atoms with Gasteiger partial charge in [0.05, 0.1) is 7.11 Å². The largest absolute Gasteiger partial charge is 0.497 e. The molecule has 0 spiro atoms. The summed E-state index contributed by atoms with van der Waals surface area (Å²) in [4.78, 5) is 20.9. The van der Waals surface area contributed by atoms with Crippen molar-refractivity contribution in [2.75, 3.05) is 38.2 Å². The molecule has 0 unspecified atom stereocenters. The summed E-state index contributed by atoms with van der Waals surface area (Å²) in [5.41, 5.74) is 2.97. The fourth-order valence-electron chi connectivity index (χ4n) is 3.64. The van der Waals surface area contributed by atoms with Gasteiger partial charge in [0, 0.05) is 37.8 Å². The molecule has 2 heterocycles. The Morgan fingerprint density at radius 1 is 1.12 bits per heavy atom. The Morgan fingerprint density at radius 3 is 2.53 bits per heavy atom. The molecule has 32 heavy (non-hydrogen) atoms. The molecule has 1 fully saturated rings. The molecule has 1 saturated heterocycles. The second kappa shape index (κ2) is 9.40. The zero-order valence-electron chi connectivity index (χ0n) is 18.1. The van der Waals surface area contributed by atoms with Gasteiger partial charge in [0.1, 0.15) is 11.8 Å². The van der Waals surface area contributed by atoms with Crippen LogP contribution in [0.2, 0.25) is 0 Å². The topological polar surface area (TPSA) is 82.6 Å². The molecule has 3 aromatic rings. The Kier molecular flexibility index (Phi) is 6.22. The number of anilines is 1. The number of piperazine rings is 1. The van der Waals surface area contributed by atoms with Gasteiger partial charge in [-0.2, -0.15) is 10.2 Å². The van der Waals surface area contributed by atoms with E-state index >= 15 is 0 Å². The lowest BCUT2D eigenvalue weighted by Crippen LogP contribution is -2.48. The number of benzene rings is 2. The van der Waals surface area contributed by atoms with Gasteiger partial charge in [0.15, 0.2) is 0 Å². The predicted octanol–water partition coefficient (Wildman–Crippen LogP) is 4.00. The average molecular weight is 428 g/mol. The molecule has 0 N–H and O–H groups in total. The predicted molar refractivity (Wildman–Crippen MR) is 122 cm³/mol. The quantitative estimate of drug-likeness (QED) is 0.611. The summed E-state index contributed by atoms with van der Waals surface area (Å²) in [6.07, 6.45) is 3.61. The van der Waals surface area contributed by atoms with Gasteiger partial charge in [-0.25, -0.2) is 0 Å². The third-order valence-corrected chi connectivity index (χ3v) is 5.39. The molecular formula is C25H24N4O3. The third kappa shape index (κ3) is 4.65. The summed E-state index contributed by atoms with van der Waals surface area (Å²) in [6, 6.07) is 17.3. The number of hydrogen-bond acceptors (Lipinski definition) is 6. The van der Waals surface area contributed by atoms with Crippen molar-refractivity contribution in [1.29, 1.82) is 5.26 Å². The molecule has 1 aliphatic rings. The lowest BCUT2D eigenvalue weighted by Gasteiger charge is -2.34. The van der Waals surface area contributed by atoms with Gasteiger partial charge >= 0.3 is 0 Å². The van der Waals surface area contributed by atoms with E-state index in [0.717, 1.165) is 16.9 Å². The van der Waals surface area contributed by atoms with Gasteiger partial charge in [0.2, 0.25) is 17.5 Å². The van der Waals surface area contributed by atoms with Crippen LogP contribution in [0.15, 0.2) is 52.9 Å². The summed E-state index contributed by atoms with van der Waals surface area (Å²) in [5, 5.41) is 9.52. The van der Waals surface area contributed by atoms with Gasteiger partial charge < -0.3 is 19.0 Å². The number of carbonyl (C=O) groups excluding carboxylic acids is 1. The first-order valence-electron chi connectivity index (χ1n) is 10.4. The molecule has 0 radical (unpaired) electrons. The molecule has 0 saturated carbocycles. The van der Waals surface area contributed by atoms with Crippen LogP contribution in [0.1, 0.15) is 33.1 Å². The fraction of sp³-hybridized carbons (Fsp3) is 0.240. The molecule has 1 aromatic heterocycles. The Morgan fingerprint density at radius 2 is 1.88 bits per heavy atom. The maximum absolute atomic E-state index is 12.8. The minimum absolute atomic E-state index is 0.0227. The summed E-state index contributed by atoms with van der Waals surface area (Å²) in [7, 11) is 1.63. The van der Waals surface area contributed by atoms with Crippen LogP contribution in [-0.2, 0) is 0 Å². The van der Waals surface area contributed by atoms with E-state index in [1.165, 1.54) is 0 Å². The van der Waals surface area contributed by atoms with Crippen LogP contribution in [0.4, 0.5) is 5.88 Å². The van der Waals surface area contributed by atoms with E-state index in [-0.39, 0.29) is 11.6 Å². The summed E-state index contributed by atoms with van der Waals surface area (Å²) in [6.45, 7) is 4.22. The lowest BCUT2D eigenvalue weighted by atomic mass is 10.1. The number of methoxy groups -OCH3 is 1. The molecule has 0 atom stereocenters. The molecule has 1 amide bonds. The summed E-state index contributed by atoms with van der Waals surface area (Å²) >= 11 is 0. The maximum Gasteiger partial charge on any atom is 0.253 e. The number of carbonyl (C=O) groups is 1. The van der Waals surface area contributed by atoms with E-state index in [1.54, 1.807) is 13.2 Å². The minimum atomic E-state index is 0.0227. The van der Waals surface area contributed by atoms with Crippen molar-refractivity contribution in [3.8, 4) is 11.8 Å². The van der Waals surface area contributed by atoms with Crippen LogP contribution in [-0.4, -0.2) is 49.1 Å². The SMILES string of the molecule is COc1ccc(C=Cc2nc(C#N)c(N3CCN(C(=O)c4cccc(C)c4)CC3)o2)cc1. The fourth-order valence-corrected chi connectivity index (χ4v) is 3.64. The smallest absolute Gasteiger partial charge is 0.253 e. The number of oxazole rings is 1. The van der Waals surface area contributed by atoms with Crippen LogP contribution >= 0.6 is 0 Å². The van der Waals surface area contributed by atoms with Crippen molar-refractivity contribution < 1.29 is 13.9 Å². The van der Waals surface area contributed by atoms with Gasteiger partial charge in [-0.05, 0) is 42.8 Å². The zero-order valence-corrected chi connectivity index (χ0v) is 18.1. The standard InChI is InChI=1S/C25H24N4O3/c1-18-4-3-5-20(16-18)24(30)28-12-14-29(15-13-28)25-22(17-26)27-23(32-25)11-8-19-6-9-21(31-2)10-7-19/h3-11,16H,12-15H2,1-2H3. The van der Waals surface area contributed by atoms with E-state index < -0.39 is 0 Å². The van der Waals surface area contributed by atoms with Crippen LogP contribution in [0.3, 0.4) is 0 Å². The first-order valence-corrected chi connectivity index (χ1v) is 10.4. The van der Waals surface area contributed by atoms with E-state index in [2.05, 4.69) is 11.1 Å². The molecule has 1 aliphatic heterocycles. The number of nitrogens with zero attached hydrogens (tertiary/aromatic N) is 4. The molecule has 7 heteroatoms. The van der Waals surface area contributed by atoms with Crippen molar-refractivity contribution in [3.63, 3.8) is 0 Å². The minimum Gasteiger partial charge on any atom is -0.497 e. The van der Waals surface area contributed by atoms with E-state index in [4.69, 9.17) is 9.15 Å². The van der Waals surface area contributed by atoms with Crippen LogP contribution in [0.25, 0.3) is 12.2 Å². The molecule has 7 nitrogen and oxygen atoms in total. The van der Waals surface area contributed by atoms with E-state index in [9.17, 15) is 10.1 Å². The number of rotatable bonds is 5. The molecular weight excluding hydrogens is 404 g/mol. The Hall–Kier alpha value is -4.05. The number of nitriles is 1. The maximum atomic E-state index is 12.8. The second-order valence-electron chi connectivity index (χ2n) is 7.57. The van der Waals surface area contributed by atoms with Gasteiger partial charge in [0.25, 0.3) is 5.91 Å². The highest BCUT2D eigenvalue weighted by atomic mass is 16.5. The van der Waals surface area contributed by atoms with E-state index in [0.29, 0.717) is 43.5 Å². The molecule has 0 bridgehead atoms. The highest BCUT2D eigenvalue weighted by Gasteiger charge is 2.26. The van der Waals surface area contributed by atoms with E-state index in [1.807, 2.05) is 71.3 Å². The average Bonchev–Trinajstić information content (AvgIpc) is 3.26. The summed E-state index contributed by atoms with van der Waals surface area (Å²) < 4.78 is 11.0. The van der Waals surface area contributed by atoms with Crippen LogP contribution in [0, 0.1) is 18.3 Å². The number of hydrogen-bond donors (Lipinski definition) is 0. The molecule has 0 aliphatic carbocycles. The number of ether oxygens (including phenoxy) is 1. The zero-order chi connectivity index (χ0) is 22.5. The molecule has 4 rings (SSSR count).